The van der Waals surface area contributed by atoms with E-state index in [0.717, 1.165) is 0 Å². The summed E-state index contributed by atoms with van der Waals surface area (Å²) in [6.45, 7) is 3.55. The van der Waals surface area contributed by atoms with E-state index in [1.165, 1.54) is 12.3 Å². The van der Waals surface area contributed by atoms with E-state index in [2.05, 4.69) is 10.6 Å². The molecule has 27 heavy (non-hydrogen) atoms. The summed E-state index contributed by atoms with van der Waals surface area (Å²) in [5.74, 6) is 0.305. The van der Waals surface area contributed by atoms with Gasteiger partial charge in [-0.1, -0.05) is 0 Å². The van der Waals surface area contributed by atoms with Crippen molar-refractivity contribution in [2.75, 3.05) is 26.9 Å². The summed E-state index contributed by atoms with van der Waals surface area (Å²) in [5.41, 5.74) is 0.507. The number of amides is 2. The Bertz CT molecular complexity index is 751. The molecule has 0 aliphatic rings. The van der Waals surface area contributed by atoms with Crippen molar-refractivity contribution >= 4 is 17.9 Å². The standard InChI is InChI=1S/C20H24N2O5/c1-3-26-12-5-11-21-20(24)18(14-17-6-4-13-27-17)22-19(23)15-7-9-16(25-2)10-8-15/h4,6-10,13-14H,3,5,11-12H2,1-2H3,(H,21,24)(H,22,23)/b18-14-. The van der Waals surface area contributed by atoms with E-state index in [1.807, 2.05) is 6.92 Å². The molecule has 2 N–H and O–H groups in total. The van der Waals surface area contributed by atoms with Crippen molar-refractivity contribution in [3.63, 3.8) is 0 Å². The van der Waals surface area contributed by atoms with Crippen molar-refractivity contribution < 1.29 is 23.5 Å². The van der Waals surface area contributed by atoms with Gasteiger partial charge in [0.15, 0.2) is 0 Å². The van der Waals surface area contributed by atoms with Gasteiger partial charge in [0.1, 0.15) is 17.2 Å². The molecule has 2 rings (SSSR count). The SMILES string of the molecule is CCOCCCNC(=O)/C(=C/c1ccco1)NC(=O)c1ccc(OC)cc1. The summed E-state index contributed by atoms with van der Waals surface area (Å²) in [6.07, 6.45) is 3.66. The molecule has 0 bridgehead atoms. The van der Waals surface area contributed by atoms with Crippen LogP contribution in [-0.4, -0.2) is 38.7 Å². The van der Waals surface area contributed by atoms with Crippen LogP contribution < -0.4 is 15.4 Å². The molecule has 0 aliphatic carbocycles. The van der Waals surface area contributed by atoms with Crippen LogP contribution in [0.4, 0.5) is 0 Å². The van der Waals surface area contributed by atoms with Crippen molar-refractivity contribution in [3.05, 3.63) is 59.7 Å². The van der Waals surface area contributed by atoms with Gasteiger partial charge in [0.05, 0.1) is 13.4 Å². The topological polar surface area (TPSA) is 89.8 Å². The van der Waals surface area contributed by atoms with E-state index < -0.39 is 11.8 Å². The molecule has 1 aromatic heterocycles. The highest BCUT2D eigenvalue weighted by Gasteiger charge is 2.15. The minimum Gasteiger partial charge on any atom is -0.497 e. The summed E-state index contributed by atoms with van der Waals surface area (Å²) in [7, 11) is 1.55. The minimum atomic E-state index is -0.403. The quantitative estimate of drug-likeness (QED) is 0.494. The van der Waals surface area contributed by atoms with E-state index in [4.69, 9.17) is 13.9 Å². The van der Waals surface area contributed by atoms with Gasteiger partial charge in [-0.25, -0.2) is 0 Å². The Labute approximate surface area is 158 Å². The molecule has 0 saturated carbocycles. The van der Waals surface area contributed by atoms with Crippen LogP contribution >= 0.6 is 0 Å². The van der Waals surface area contributed by atoms with Crippen molar-refractivity contribution in [2.24, 2.45) is 0 Å². The summed E-state index contributed by atoms with van der Waals surface area (Å²) < 4.78 is 15.6. The predicted octanol–water partition coefficient (Wildman–Crippen LogP) is 2.60. The lowest BCUT2D eigenvalue weighted by Gasteiger charge is -2.11. The molecule has 0 fully saturated rings. The second kappa shape index (κ2) is 10.8. The van der Waals surface area contributed by atoms with E-state index in [0.29, 0.717) is 43.3 Å². The summed E-state index contributed by atoms with van der Waals surface area (Å²) in [6, 6.07) is 10.0. The van der Waals surface area contributed by atoms with Gasteiger partial charge < -0.3 is 24.5 Å². The molecule has 2 amide bonds. The summed E-state index contributed by atoms with van der Waals surface area (Å²) in [4.78, 5) is 25.0. The number of carbonyl (C=O) groups excluding carboxylic acids is 2. The maximum Gasteiger partial charge on any atom is 0.267 e. The molecule has 7 heteroatoms. The molecule has 1 heterocycles. The number of rotatable bonds is 10. The van der Waals surface area contributed by atoms with Crippen LogP contribution in [0.5, 0.6) is 5.75 Å². The first-order valence-corrected chi connectivity index (χ1v) is 8.70. The van der Waals surface area contributed by atoms with Crippen molar-refractivity contribution in [3.8, 4) is 5.75 Å². The van der Waals surface area contributed by atoms with Gasteiger partial charge in [-0.15, -0.1) is 0 Å². The van der Waals surface area contributed by atoms with Crippen LogP contribution in [0.25, 0.3) is 6.08 Å². The molecule has 0 spiro atoms. The fourth-order valence-corrected chi connectivity index (χ4v) is 2.23. The molecule has 0 aliphatic heterocycles. The zero-order valence-corrected chi connectivity index (χ0v) is 15.5. The van der Waals surface area contributed by atoms with E-state index in [1.54, 1.807) is 43.5 Å². The van der Waals surface area contributed by atoms with Crippen molar-refractivity contribution in [1.82, 2.24) is 10.6 Å². The number of carbonyl (C=O) groups is 2. The lowest BCUT2D eigenvalue weighted by molar-refractivity contribution is -0.117. The lowest BCUT2D eigenvalue weighted by Crippen LogP contribution is -2.35. The zero-order chi connectivity index (χ0) is 19.5. The monoisotopic (exact) mass is 372 g/mol. The third-order valence-corrected chi connectivity index (χ3v) is 3.63. The van der Waals surface area contributed by atoms with Crippen LogP contribution in [0.3, 0.4) is 0 Å². The maximum atomic E-state index is 12.5. The van der Waals surface area contributed by atoms with Gasteiger partial charge in [-0.2, -0.15) is 0 Å². The molecule has 7 nitrogen and oxygen atoms in total. The fourth-order valence-electron chi connectivity index (χ4n) is 2.23. The van der Waals surface area contributed by atoms with E-state index in [-0.39, 0.29) is 5.70 Å². The highest BCUT2D eigenvalue weighted by Crippen LogP contribution is 2.12. The first-order chi connectivity index (χ1) is 13.1. The fraction of sp³-hybridized carbons (Fsp3) is 0.300. The molecule has 0 radical (unpaired) electrons. The van der Waals surface area contributed by atoms with Gasteiger partial charge in [-0.05, 0) is 49.7 Å². The van der Waals surface area contributed by atoms with Crippen LogP contribution in [0, 0.1) is 0 Å². The second-order valence-electron chi connectivity index (χ2n) is 5.56. The molecule has 0 unspecified atom stereocenters. The Morgan fingerprint density at radius 1 is 1.19 bits per heavy atom. The van der Waals surface area contributed by atoms with Crippen molar-refractivity contribution in [2.45, 2.75) is 13.3 Å². The molecule has 2 aromatic rings. The number of benzene rings is 1. The first-order valence-electron chi connectivity index (χ1n) is 8.70. The smallest absolute Gasteiger partial charge is 0.267 e. The third-order valence-electron chi connectivity index (χ3n) is 3.63. The number of nitrogens with one attached hydrogen (secondary N) is 2. The Kier molecular flexibility index (Phi) is 8.12. The third kappa shape index (κ3) is 6.63. The van der Waals surface area contributed by atoms with Crippen molar-refractivity contribution in [1.29, 1.82) is 0 Å². The normalized spacial score (nSPS) is 11.1. The number of ether oxygens (including phenoxy) is 2. The highest BCUT2D eigenvalue weighted by atomic mass is 16.5. The molecule has 144 valence electrons. The Balaban J connectivity index is 2.05. The highest BCUT2D eigenvalue weighted by molar-refractivity contribution is 6.05. The molecular formula is C20H24N2O5. The Morgan fingerprint density at radius 2 is 1.96 bits per heavy atom. The van der Waals surface area contributed by atoms with Gasteiger partial charge >= 0.3 is 0 Å². The molecule has 0 atom stereocenters. The summed E-state index contributed by atoms with van der Waals surface area (Å²) in [5, 5.41) is 5.40. The minimum absolute atomic E-state index is 0.0992. The molecule has 0 saturated heterocycles. The predicted molar refractivity (Wildman–Crippen MR) is 101 cm³/mol. The number of furan rings is 1. The number of methoxy groups -OCH3 is 1. The first kappa shape index (κ1) is 20.3. The average molecular weight is 372 g/mol. The number of hydrogen-bond acceptors (Lipinski definition) is 5. The Morgan fingerprint density at radius 3 is 2.59 bits per heavy atom. The van der Waals surface area contributed by atoms with Gasteiger partial charge in [0, 0.05) is 31.4 Å². The van der Waals surface area contributed by atoms with Crippen LogP contribution in [0.2, 0.25) is 0 Å². The Hall–Kier alpha value is -3.06. The summed E-state index contributed by atoms with van der Waals surface area (Å²) >= 11 is 0. The second-order valence-corrected chi connectivity index (χ2v) is 5.56. The maximum absolute atomic E-state index is 12.5. The van der Waals surface area contributed by atoms with Gasteiger partial charge in [-0.3, -0.25) is 9.59 Å². The lowest BCUT2D eigenvalue weighted by atomic mass is 10.2. The largest absolute Gasteiger partial charge is 0.497 e. The van der Waals surface area contributed by atoms with Gasteiger partial charge in [0.25, 0.3) is 11.8 Å². The van der Waals surface area contributed by atoms with E-state index >= 15 is 0 Å². The van der Waals surface area contributed by atoms with E-state index in [9.17, 15) is 9.59 Å². The molecule has 1 aromatic carbocycles. The van der Waals surface area contributed by atoms with Crippen LogP contribution in [0.1, 0.15) is 29.5 Å². The number of hydrogen-bond donors (Lipinski definition) is 2. The average Bonchev–Trinajstić information content (AvgIpc) is 3.20. The zero-order valence-electron chi connectivity index (χ0n) is 15.5. The van der Waals surface area contributed by atoms with Crippen LogP contribution in [-0.2, 0) is 9.53 Å². The van der Waals surface area contributed by atoms with Crippen LogP contribution in [0.15, 0.2) is 52.8 Å². The molecular weight excluding hydrogens is 348 g/mol. The van der Waals surface area contributed by atoms with Gasteiger partial charge in [0.2, 0.25) is 0 Å².